The Hall–Kier alpha value is -0.940. The highest BCUT2D eigenvalue weighted by Crippen LogP contribution is 2.34. The Morgan fingerprint density at radius 1 is 1.21 bits per heavy atom. The highest BCUT2D eigenvalue weighted by atomic mass is 35.5. The molecule has 0 aliphatic rings. The van der Waals surface area contributed by atoms with Crippen molar-refractivity contribution in [2.75, 3.05) is 7.11 Å². The van der Waals surface area contributed by atoms with Crippen molar-refractivity contribution in [1.82, 2.24) is 0 Å². The van der Waals surface area contributed by atoms with Crippen molar-refractivity contribution in [2.45, 2.75) is 32.5 Å². The van der Waals surface area contributed by atoms with Crippen molar-refractivity contribution < 1.29 is 17.9 Å². The molecule has 0 radical (unpaired) electrons. The number of nitrogens with two attached hydrogens (primary N) is 1. The molecule has 1 aromatic carbocycles. The Kier molecular flexibility index (Phi) is 6.66. The van der Waals surface area contributed by atoms with Crippen LogP contribution in [0.1, 0.15) is 37.4 Å². The molecule has 0 saturated carbocycles. The topological polar surface area (TPSA) is 35.2 Å². The molecule has 0 spiro atoms. The smallest absolute Gasteiger partial charge is 0.416 e. The van der Waals surface area contributed by atoms with Gasteiger partial charge in [0.1, 0.15) is 5.75 Å². The second kappa shape index (κ2) is 7.01. The van der Waals surface area contributed by atoms with E-state index in [0.29, 0.717) is 17.9 Å². The van der Waals surface area contributed by atoms with Crippen molar-refractivity contribution in [2.24, 2.45) is 11.7 Å². The Balaban J connectivity index is 0.00000324. The highest BCUT2D eigenvalue weighted by Gasteiger charge is 2.31. The fraction of sp³-hybridized carbons (Fsp3) is 0.538. The molecule has 0 amide bonds. The number of benzene rings is 1. The molecule has 0 saturated heterocycles. The van der Waals surface area contributed by atoms with Gasteiger partial charge < -0.3 is 10.5 Å². The normalized spacial score (nSPS) is 13.1. The molecule has 110 valence electrons. The Labute approximate surface area is 117 Å². The molecule has 1 aromatic rings. The number of hydrogen-bond donors (Lipinski definition) is 1. The number of methoxy groups -OCH3 is 1. The molecule has 0 bridgehead atoms. The first-order valence-corrected chi connectivity index (χ1v) is 5.75. The van der Waals surface area contributed by atoms with E-state index in [9.17, 15) is 13.2 Å². The summed E-state index contributed by atoms with van der Waals surface area (Å²) < 4.78 is 43.0. The first-order valence-electron chi connectivity index (χ1n) is 5.75. The van der Waals surface area contributed by atoms with Crippen LogP contribution in [0.15, 0.2) is 18.2 Å². The lowest BCUT2D eigenvalue weighted by molar-refractivity contribution is -0.137. The molecule has 0 unspecified atom stereocenters. The van der Waals surface area contributed by atoms with Gasteiger partial charge in [0, 0.05) is 6.04 Å². The standard InChI is InChI=1S/C13H18F3NO.ClH/c1-8(2)4-12(17)9-5-10(13(14,15)16)7-11(6-9)18-3;/h5-8,12H,4,17H2,1-3H3;1H/t12-;/m1./s1. The number of alkyl halides is 3. The Morgan fingerprint density at radius 2 is 1.79 bits per heavy atom. The minimum atomic E-state index is -4.39. The summed E-state index contributed by atoms with van der Waals surface area (Å²) in [5.74, 6) is 0.500. The van der Waals surface area contributed by atoms with Gasteiger partial charge in [0.2, 0.25) is 0 Å². The van der Waals surface area contributed by atoms with E-state index in [4.69, 9.17) is 10.5 Å². The number of ether oxygens (including phenoxy) is 1. The van der Waals surface area contributed by atoms with Crippen molar-refractivity contribution >= 4 is 12.4 Å². The molecule has 6 heteroatoms. The summed E-state index contributed by atoms with van der Waals surface area (Å²) in [5, 5.41) is 0. The molecule has 0 fully saturated rings. The molecule has 0 heterocycles. The quantitative estimate of drug-likeness (QED) is 0.905. The van der Waals surface area contributed by atoms with Crippen LogP contribution in [-0.2, 0) is 6.18 Å². The van der Waals surface area contributed by atoms with Crippen molar-refractivity contribution in [3.63, 3.8) is 0 Å². The molecule has 2 nitrogen and oxygen atoms in total. The Bertz CT molecular complexity index is 407. The lowest BCUT2D eigenvalue weighted by Crippen LogP contribution is -2.15. The predicted molar refractivity (Wildman–Crippen MR) is 71.6 cm³/mol. The summed E-state index contributed by atoms with van der Waals surface area (Å²) in [6, 6.07) is 3.21. The third kappa shape index (κ3) is 5.28. The van der Waals surface area contributed by atoms with Gasteiger partial charge in [-0.15, -0.1) is 12.4 Å². The molecule has 1 atom stereocenters. The van der Waals surface area contributed by atoms with Crippen LogP contribution in [0.2, 0.25) is 0 Å². The maximum absolute atomic E-state index is 12.7. The first-order chi connectivity index (χ1) is 8.24. The van der Waals surface area contributed by atoms with Crippen LogP contribution in [0, 0.1) is 5.92 Å². The summed E-state index contributed by atoms with van der Waals surface area (Å²) >= 11 is 0. The van der Waals surface area contributed by atoms with E-state index in [1.807, 2.05) is 13.8 Å². The number of rotatable bonds is 4. The van der Waals surface area contributed by atoms with Gasteiger partial charge >= 0.3 is 6.18 Å². The molecular weight excluding hydrogens is 279 g/mol. The molecule has 0 aromatic heterocycles. The summed E-state index contributed by atoms with van der Waals surface area (Å²) in [6.07, 6.45) is -3.76. The summed E-state index contributed by atoms with van der Waals surface area (Å²) in [5.41, 5.74) is 5.64. The average Bonchev–Trinajstić information content (AvgIpc) is 2.26. The maximum Gasteiger partial charge on any atom is 0.416 e. The van der Waals surface area contributed by atoms with Crippen LogP contribution >= 0.6 is 12.4 Å². The number of halogens is 4. The van der Waals surface area contributed by atoms with E-state index >= 15 is 0 Å². The molecule has 0 aliphatic heterocycles. The molecule has 1 rings (SSSR count). The zero-order valence-corrected chi connectivity index (χ0v) is 11.9. The number of hydrogen-bond acceptors (Lipinski definition) is 2. The van der Waals surface area contributed by atoms with Crippen molar-refractivity contribution in [3.05, 3.63) is 29.3 Å². The zero-order chi connectivity index (χ0) is 13.9. The molecule has 2 N–H and O–H groups in total. The third-order valence-electron chi connectivity index (χ3n) is 2.65. The van der Waals surface area contributed by atoms with Crippen LogP contribution in [-0.4, -0.2) is 7.11 Å². The highest BCUT2D eigenvalue weighted by molar-refractivity contribution is 5.85. The molecule has 19 heavy (non-hydrogen) atoms. The lowest BCUT2D eigenvalue weighted by Gasteiger charge is -2.17. The lowest BCUT2D eigenvalue weighted by atomic mass is 9.96. The van der Waals surface area contributed by atoms with Gasteiger partial charge in [0.25, 0.3) is 0 Å². The Morgan fingerprint density at radius 3 is 2.21 bits per heavy atom. The van der Waals surface area contributed by atoms with Crippen LogP contribution in [0.25, 0.3) is 0 Å². The van der Waals surface area contributed by atoms with Crippen LogP contribution < -0.4 is 10.5 Å². The summed E-state index contributed by atoms with van der Waals surface area (Å²) in [4.78, 5) is 0. The van der Waals surface area contributed by atoms with Crippen LogP contribution in [0.4, 0.5) is 13.2 Å². The second-order valence-corrected chi connectivity index (χ2v) is 4.73. The molecule has 0 aliphatic carbocycles. The van der Waals surface area contributed by atoms with Gasteiger partial charge in [0.15, 0.2) is 0 Å². The monoisotopic (exact) mass is 297 g/mol. The van der Waals surface area contributed by atoms with Gasteiger partial charge in [-0.1, -0.05) is 13.8 Å². The SMILES string of the molecule is COc1cc([C@H](N)CC(C)C)cc(C(F)(F)F)c1.Cl. The fourth-order valence-corrected chi connectivity index (χ4v) is 1.76. The van der Waals surface area contributed by atoms with Gasteiger partial charge in [-0.05, 0) is 36.1 Å². The predicted octanol–water partition coefficient (Wildman–Crippen LogP) is 4.18. The van der Waals surface area contributed by atoms with E-state index in [2.05, 4.69) is 0 Å². The van der Waals surface area contributed by atoms with E-state index in [0.717, 1.165) is 12.1 Å². The fourth-order valence-electron chi connectivity index (χ4n) is 1.76. The van der Waals surface area contributed by atoms with Crippen LogP contribution in [0.3, 0.4) is 0 Å². The van der Waals surface area contributed by atoms with Crippen molar-refractivity contribution in [3.8, 4) is 5.75 Å². The van der Waals surface area contributed by atoms with Gasteiger partial charge in [-0.2, -0.15) is 13.2 Å². The van der Waals surface area contributed by atoms with Crippen molar-refractivity contribution in [1.29, 1.82) is 0 Å². The van der Waals surface area contributed by atoms with E-state index < -0.39 is 17.8 Å². The van der Waals surface area contributed by atoms with Gasteiger partial charge in [-0.25, -0.2) is 0 Å². The molecular formula is C13H19ClF3NO. The first kappa shape index (κ1) is 18.1. The van der Waals surface area contributed by atoms with E-state index in [1.165, 1.54) is 7.11 Å². The summed E-state index contributed by atoms with van der Waals surface area (Å²) in [7, 11) is 1.34. The minimum Gasteiger partial charge on any atom is -0.497 e. The zero-order valence-electron chi connectivity index (χ0n) is 11.1. The summed E-state index contributed by atoms with van der Waals surface area (Å²) in [6.45, 7) is 3.95. The third-order valence-corrected chi connectivity index (χ3v) is 2.65. The van der Waals surface area contributed by atoms with E-state index in [-0.39, 0.29) is 18.2 Å². The van der Waals surface area contributed by atoms with E-state index in [1.54, 1.807) is 6.07 Å². The van der Waals surface area contributed by atoms with Gasteiger partial charge in [0.05, 0.1) is 12.7 Å². The largest absolute Gasteiger partial charge is 0.497 e. The second-order valence-electron chi connectivity index (χ2n) is 4.73. The van der Waals surface area contributed by atoms with Crippen LogP contribution in [0.5, 0.6) is 5.75 Å². The average molecular weight is 298 g/mol. The van der Waals surface area contributed by atoms with Gasteiger partial charge in [-0.3, -0.25) is 0 Å². The minimum absolute atomic E-state index is 0. The maximum atomic E-state index is 12.7.